The molecule has 0 saturated carbocycles. The zero-order chi connectivity index (χ0) is 18.4. The van der Waals surface area contributed by atoms with Crippen LogP contribution in [0.25, 0.3) is 0 Å². The van der Waals surface area contributed by atoms with Gasteiger partial charge in [-0.1, -0.05) is 32.4 Å². The first kappa shape index (κ1) is 18.8. The molecule has 0 bridgehead atoms. The summed E-state index contributed by atoms with van der Waals surface area (Å²) in [5, 5.41) is 12.7. The van der Waals surface area contributed by atoms with Crippen LogP contribution in [-0.2, 0) is 6.54 Å². The number of aromatic nitrogens is 4. The Balaban J connectivity index is 1.74. The lowest BCUT2D eigenvalue weighted by molar-refractivity contribution is 0.0889. The van der Waals surface area contributed by atoms with Gasteiger partial charge < -0.3 is 9.64 Å². The minimum atomic E-state index is 0.284. The van der Waals surface area contributed by atoms with Crippen LogP contribution in [0, 0.1) is 0 Å². The molecular weight excluding hydrogens is 328 g/mol. The highest BCUT2D eigenvalue weighted by Crippen LogP contribution is 2.25. The first-order valence-electron chi connectivity index (χ1n) is 9.60. The third kappa shape index (κ3) is 4.40. The van der Waals surface area contributed by atoms with Gasteiger partial charge in [0.25, 0.3) is 0 Å². The van der Waals surface area contributed by atoms with E-state index in [0.29, 0.717) is 6.54 Å². The Kier molecular flexibility index (Phi) is 6.57. The van der Waals surface area contributed by atoms with E-state index in [1.165, 1.54) is 5.56 Å². The summed E-state index contributed by atoms with van der Waals surface area (Å²) in [6.07, 6.45) is 2.20. The Hall–Kier alpha value is -1.99. The predicted molar refractivity (Wildman–Crippen MR) is 101 cm³/mol. The largest absolute Gasteiger partial charge is 0.497 e. The number of methoxy groups -OCH3 is 1. The van der Waals surface area contributed by atoms with Crippen LogP contribution in [0.5, 0.6) is 5.75 Å². The lowest BCUT2D eigenvalue weighted by Crippen LogP contribution is -2.47. The molecule has 1 unspecified atom stereocenters. The van der Waals surface area contributed by atoms with Crippen LogP contribution < -0.4 is 4.74 Å². The molecule has 1 atom stereocenters. The van der Waals surface area contributed by atoms with Gasteiger partial charge in [0.2, 0.25) is 0 Å². The van der Waals surface area contributed by atoms with Crippen molar-refractivity contribution in [2.45, 2.75) is 39.3 Å². The topological polar surface area (TPSA) is 59.3 Å². The Labute approximate surface area is 155 Å². The van der Waals surface area contributed by atoms with Crippen molar-refractivity contribution < 1.29 is 4.74 Å². The van der Waals surface area contributed by atoms with Gasteiger partial charge in [-0.2, -0.15) is 0 Å². The lowest BCUT2D eigenvalue weighted by Gasteiger charge is -2.38. The summed E-state index contributed by atoms with van der Waals surface area (Å²) in [6, 6.07) is 8.38. The maximum Gasteiger partial charge on any atom is 0.168 e. The molecule has 7 heteroatoms. The first-order valence-corrected chi connectivity index (χ1v) is 9.60. The van der Waals surface area contributed by atoms with E-state index in [0.717, 1.165) is 57.1 Å². The van der Waals surface area contributed by atoms with Gasteiger partial charge in [-0.05, 0) is 41.1 Å². The number of tetrazole rings is 1. The fourth-order valence-corrected chi connectivity index (χ4v) is 3.61. The summed E-state index contributed by atoms with van der Waals surface area (Å²) in [5.74, 6) is 1.84. The van der Waals surface area contributed by atoms with Crippen molar-refractivity contribution in [1.29, 1.82) is 0 Å². The highest BCUT2D eigenvalue weighted by atomic mass is 16.5. The van der Waals surface area contributed by atoms with Crippen molar-refractivity contribution in [2.75, 3.05) is 39.8 Å². The van der Waals surface area contributed by atoms with Gasteiger partial charge in [0.05, 0.1) is 19.7 Å². The van der Waals surface area contributed by atoms with E-state index in [9.17, 15) is 0 Å². The van der Waals surface area contributed by atoms with Crippen LogP contribution in [0.2, 0.25) is 0 Å². The highest BCUT2D eigenvalue weighted by molar-refractivity contribution is 5.27. The lowest BCUT2D eigenvalue weighted by atomic mass is 10.1. The fourth-order valence-electron chi connectivity index (χ4n) is 3.61. The average molecular weight is 358 g/mol. The minimum Gasteiger partial charge on any atom is -0.497 e. The predicted octanol–water partition coefficient (Wildman–Crippen LogP) is 2.21. The Bertz CT molecular complexity index is 663. The molecule has 2 aromatic rings. The summed E-state index contributed by atoms with van der Waals surface area (Å²) >= 11 is 0. The van der Waals surface area contributed by atoms with Crippen molar-refractivity contribution >= 4 is 0 Å². The Morgan fingerprint density at radius 1 is 1.08 bits per heavy atom. The molecule has 1 aromatic carbocycles. The maximum absolute atomic E-state index is 5.24. The van der Waals surface area contributed by atoms with E-state index >= 15 is 0 Å². The second-order valence-electron chi connectivity index (χ2n) is 6.82. The van der Waals surface area contributed by atoms with Crippen molar-refractivity contribution in [3.05, 3.63) is 35.7 Å². The molecule has 1 aromatic heterocycles. The summed E-state index contributed by atoms with van der Waals surface area (Å²) in [6.45, 7) is 10.7. The van der Waals surface area contributed by atoms with E-state index in [2.05, 4.69) is 51.3 Å². The van der Waals surface area contributed by atoms with E-state index in [1.807, 2.05) is 16.8 Å². The van der Waals surface area contributed by atoms with Gasteiger partial charge in [0, 0.05) is 26.2 Å². The molecule has 0 spiro atoms. The molecule has 142 valence electrons. The summed E-state index contributed by atoms with van der Waals surface area (Å²) in [5.41, 5.74) is 1.17. The monoisotopic (exact) mass is 358 g/mol. The van der Waals surface area contributed by atoms with Gasteiger partial charge in [-0.15, -0.1) is 5.10 Å². The number of likely N-dealkylation sites (N-methyl/N-ethyl adjacent to an activating group) is 1. The Morgan fingerprint density at radius 3 is 2.42 bits per heavy atom. The van der Waals surface area contributed by atoms with Gasteiger partial charge in [-0.3, -0.25) is 4.90 Å². The number of hydrogen-bond donors (Lipinski definition) is 0. The quantitative estimate of drug-likeness (QED) is 0.721. The van der Waals surface area contributed by atoms with Crippen LogP contribution >= 0.6 is 0 Å². The SMILES string of the molecule is CCCC(c1nnnn1Cc1ccc(OC)cc1)N1CCN(CC)CC1. The molecular formula is C19H30N6O. The number of piperazine rings is 1. The first-order chi connectivity index (χ1) is 12.7. The van der Waals surface area contributed by atoms with Crippen molar-refractivity contribution in [1.82, 2.24) is 30.0 Å². The van der Waals surface area contributed by atoms with Gasteiger partial charge in [-0.25, -0.2) is 4.68 Å². The smallest absolute Gasteiger partial charge is 0.168 e. The summed E-state index contributed by atoms with van der Waals surface area (Å²) in [7, 11) is 1.68. The Morgan fingerprint density at radius 2 is 1.81 bits per heavy atom. The van der Waals surface area contributed by atoms with Gasteiger partial charge in [0.1, 0.15) is 5.75 Å². The van der Waals surface area contributed by atoms with Crippen molar-refractivity contribution in [3.8, 4) is 5.75 Å². The van der Waals surface area contributed by atoms with Crippen molar-refractivity contribution in [2.24, 2.45) is 0 Å². The number of benzene rings is 1. The fraction of sp³-hybridized carbons (Fsp3) is 0.632. The van der Waals surface area contributed by atoms with E-state index in [-0.39, 0.29) is 6.04 Å². The van der Waals surface area contributed by atoms with Crippen LogP contribution in [0.15, 0.2) is 24.3 Å². The van der Waals surface area contributed by atoms with Crippen molar-refractivity contribution in [3.63, 3.8) is 0 Å². The standard InChI is InChI=1S/C19H30N6O/c1-4-6-18(24-13-11-23(5-2)12-14-24)19-20-21-22-25(19)15-16-7-9-17(26-3)10-8-16/h7-10,18H,4-6,11-15H2,1-3H3. The number of ether oxygens (including phenoxy) is 1. The molecule has 26 heavy (non-hydrogen) atoms. The second kappa shape index (κ2) is 9.09. The second-order valence-corrected chi connectivity index (χ2v) is 6.82. The zero-order valence-corrected chi connectivity index (χ0v) is 16.1. The van der Waals surface area contributed by atoms with Crippen LogP contribution in [-0.4, -0.2) is 69.8 Å². The summed E-state index contributed by atoms with van der Waals surface area (Å²) in [4.78, 5) is 5.05. The average Bonchev–Trinajstić information content (AvgIpc) is 3.14. The number of rotatable bonds is 8. The third-order valence-corrected chi connectivity index (χ3v) is 5.21. The normalized spacial score (nSPS) is 17.3. The van der Waals surface area contributed by atoms with E-state index in [4.69, 9.17) is 4.74 Å². The van der Waals surface area contributed by atoms with Gasteiger partial charge in [0.15, 0.2) is 5.82 Å². The molecule has 0 aliphatic carbocycles. The van der Waals surface area contributed by atoms with Crippen LogP contribution in [0.1, 0.15) is 44.1 Å². The summed E-state index contributed by atoms with van der Waals surface area (Å²) < 4.78 is 7.19. The van der Waals surface area contributed by atoms with Crippen LogP contribution in [0.4, 0.5) is 0 Å². The maximum atomic E-state index is 5.24. The third-order valence-electron chi connectivity index (χ3n) is 5.21. The molecule has 1 fully saturated rings. The van der Waals surface area contributed by atoms with E-state index in [1.54, 1.807) is 7.11 Å². The molecule has 1 aliphatic rings. The molecule has 2 heterocycles. The van der Waals surface area contributed by atoms with Crippen LogP contribution in [0.3, 0.4) is 0 Å². The molecule has 0 N–H and O–H groups in total. The molecule has 0 amide bonds. The number of nitrogens with zero attached hydrogens (tertiary/aromatic N) is 6. The van der Waals surface area contributed by atoms with E-state index < -0.39 is 0 Å². The highest BCUT2D eigenvalue weighted by Gasteiger charge is 2.28. The molecule has 1 saturated heterocycles. The number of hydrogen-bond acceptors (Lipinski definition) is 6. The minimum absolute atomic E-state index is 0.284. The molecule has 1 aliphatic heterocycles. The zero-order valence-electron chi connectivity index (χ0n) is 16.1. The molecule has 0 radical (unpaired) electrons. The molecule has 7 nitrogen and oxygen atoms in total. The molecule has 3 rings (SSSR count). The van der Waals surface area contributed by atoms with Gasteiger partial charge >= 0.3 is 0 Å².